The third kappa shape index (κ3) is 2.15. The molecule has 13 heavy (non-hydrogen) atoms. The SMILES string of the molecule is CC(=NO)C(=O)c1ccc(C)cc1. The van der Waals surface area contributed by atoms with Crippen LogP contribution >= 0.6 is 0 Å². The van der Waals surface area contributed by atoms with Crippen LogP contribution in [0.3, 0.4) is 0 Å². The molecule has 0 amide bonds. The van der Waals surface area contributed by atoms with Gasteiger partial charge in [0.15, 0.2) is 0 Å². The number of hydrogen-bond donors (Lipinski definition) is 1. The second-order valence-corrected chi connectivity index (χ2v) is 2.88. The Morgan fingerprint density at radius 3 is 2.31 bits per heavy atom. The van der Waals surface area contributed by atoms with Crippen LogP contribution in [-0.4, -0.2) is 16.7 Å². The number of oxime groups is 1. The zero-order valence-electron chi connectivity index (χ0n) is 7.61. The van der Waals surface area contributed by atoms with Crippen LogP contribution in [0.25, 0.3) is 0 Å². The number of aryl methyl sites for hydroxylation is 1. The highest BCUT2D eigenvalue weighted by Gasteiger charge is 2.08. The quantitative estimate of drug-likeness (QED) is 0.325. The number of carbonyl (C=O) groups excluding carboxylic acids is 1. The summed E-state index contributed by atoms with van der Waals surface area (Å²) >= 11 is 0. The van der Waals surface area contributed by atoms with Crippen LogP contribution < -0.4 is 0 Å². The third-order valence-electron chi connectivity index (χ3n) is 1.79. The third-order valence-corrected chi connectivity index (χ3v) is 1.79. The number of nitrogens with zero attached hydrogens (tertiary/aromatic N) is 1. The largest absolute Gasteiger partial charge is 0.411 e. The van der Waals surface area contributed by atoms with E-state index in [-0.39, 0.29) is 11.5 Å². The molecule has 1 rings (SSSR count). The van der Waals surface area contributed by atoms with Crippen LogP contribution in [-0.2, 0) is 0 Å². The predicted octanol–water partition coefficient (Wildman–Crippen LogP) is 2.03. The zero-order valence-corrected chi connectivity index (χ0v) is 7.61. The van der Waals surface area contributed by atoms with E-state index in [2.05, 4.69) is 5.16 Å². The lowest BCUT2D eigenvalue weighted by Crippen LogP contribution is -2.10. The van der Waals surface area contributed by atoms with Gasteiger partial charge in [-0.15, -0.1) is 0 Å². The molecular formula is C10H11NO2. The van der Waals surface area contributed by atoms with E-state index >= 15 is 0 Å². The monoisotopic (exact) mass is 177 g/mol. The maximum Gasteiger partial charge on any atom is 0.210 e. The summed E-state index contributed by atoms with van der Waals surface area (Å²) in [5.41, 5.74) is 1.74. The number of ketones is 1. The lowest BCUT2D eigenvalue weighted by Gasteiger charge is -1.98. The normalized spacial score (nSPS) is 11.4. The number of Topliss-reactive ketones (excluding diaryl/α,β-unsaturated/α-hetero) is 1. The van der Waals surface area contributed by atoms with Crippen LogP contribution in [0.15, 0.2) is 29.4 Å². The minimum atomic E-state index is -0.248. The first-order valence-electron chi connectivity index (χ1n) is 3.95. The number of hydrogen-bond acceptors (Lipinski definition) is 3. The Labute approximate surface area is 76.7 Å². The van der Waals surface area contributed by atoms with E-state index in [9.17, 15) is 4.79 Å². The second kappa shape index (κ2) is 3.85. The molecular weight excluding hydrogens is 166 g/mol. The first-order valence-corrected chi connectivity index (χ1v) is 3.95. The molecule has 0 saturated carbocycles. The maximum atomic E-state index is 11.4. The Bertz CT molecular complexity index is 338. The van der Waals surface area contributed by atoms with Crippen molar-refractivity contribution < 1.29 is 10.0 Å². The molecule has 1 N–H and O–H groups in total. The Hall–Kier alpha value is -1.64. The van der Waals surface area contributed by atoms with Crippen LogP contribution in [0.2, 0.25) is 0 Å². The Balaban J connectivity index is 2.97. The first-order chi connectivity index (χ1) is 6.15. The summed E-state index contributed by atoms with van der Waals surface area (Å²) < 4.78 is 0. The van der Waals surface area contributed by atoms with Crippen molar-refractivity contribution in [2.75, 3.05) is 0 Å². The summed E-state index contributed by atoms with van der Waals surface area (Å²) in [6, 6.07) is 7.12. The maximum absolute atomic E-state index is 11.4. The van der Waals surface area contributed by atoms with E-state index in [1.54, 1.807) is 12.1 Å². The smallest absolute Gasteiger partial charge is 0.210 e. The van der Waals surface area contributed by atoms with Gasteiger partial charge in [0, 0.05) is 5.56 Å². The number of benzene rings is 1. The molecule has 0 bridgehead atoms. The highest BCUT2D eigenvalue weighted by molar-refractivity contribution is 6.45. The van der Waals surface area contributed by atoms with Crippen molar-refractivity contribution in [3.63, 3.8) is 0 Å². The standard InChI is InChI=1S/C10H11NO2/c1-7-3-5-9(6-4-7)10(12)8(2)11-13/h3-6,13H,1-2H3. The Kier molecular flexibility index (Phi) is 2.80. The number of rotatable bonds is 2. The van der Waals surface area contributed by atoms with E-state index in [0.717, 1.165) is 5.56 Å². The molecule has 0 aliphatic rings. The average Bonchev–Trinajstić information content (AvgIpc) is 2.17. The van der Waals surface area contributed by atoms with Crippen molar-refractivity contribution >= 4 is 11.5 Å². The van der Waals surface area contributed by atoms with E-state index < -0.39 is 0 Å². The fraction of sp³-hybridized carbons (Fsp3) is 0.200. The van der Waals surface area contributed by atoms with Gasteiger partial charge in [-0.25, -0.2) is 0 Å². The van der Waals surface area contributed by atoms with Gasteiger partial charge in [0.2, 0.25) is 5.78 Å². The summed E-state index contributed by atoms with van der Waals surface area (Å²) in [4.78, 5) is 11.4. The zero-order chi connectivity index (χ0) is 9.84. The van der Waals surface area contributed by atoms with Crippen molar-refractivity contribution in [1.29, 1.82) is 0 Å². The van der Waals surface area contributed by atoms with Crippen molar-refractivity contribution in [2.24, 2.45) is 5.16 Å². The lowest BCUT2D eigenvalue weighted by atomic mass is 10.1. The molecule has 1 aromatic rings. The highest BCUT2D eigenvalue weighted by Crippen LogP contribution is 2.04. The molecule has 0 unspecified atom stereocenters. The van der Waals surface area contributed by atoms with Gasteiger partial charge in [0.05, 0.1) is 0 Å². The topological polar surface area (TPSA) is 49.7 Å². The molecule has 0 atom stereocenters. The molecule has 0 aliphatic carbocycles. The fourth-order valence-electron chi connectivity index (χ4n) is 0.959. The summed E-state index contributed by atoms with van der Waals surface area (Å²) in [6.07, 6.45) is 0. The highest BCUT2D eigenvalue weighted by atomic mass is 16.4. The summed E-state index contributed by atoms with van der Waals surface area (Å²) in [5.74, 6) is -0.248. The summed E-state index contributed by atoms with van der Waals surface area (Å²) in [5, 5.41) is 11.2. The van der Waals surface area contributed by atoms with Crippen LogP contribution in [0.4, 0.5) is 0 Å². The van der Waals surface area contributed by atoms with Crippen LogP contribution in [0.5, 0.6) is 0 Å². The van der Waals surface area contributed by atoms with Gasteiger partial charge < -0.3 is 5.21 Å². The van der Waals surface area contributed by atoms with Crippen LogP contribution in [0, 0.1) is 6.92 Å². The van der Waals surface area contributed by atoms with Gasteiger partial charge in [0.25, 0.3) is 0 Å². The number of carbonyl (C=O) groups is 1. The van der Waals surface area contributed by atoms with Crippen molar-refractivity contribution in [3.05, 3.63) is 35.4 Å². The Morgan fingerprint density at radius 2 is 1.85 bits per heavy atom. The Morgan fingerprint density at radius 1 is 1.31 bits per heavy atom. The van der Waals surface area contributed by atoms with Gasteiger partial charge in [-0.2, -0.15) is 0 Å². The minimum Gasteiger partial charge on any atom is -0.411 e. The van der Waals surface area contributed by atoms with Gasteiger partial charge in [-0.3, -0.25) is 4.79 Å². The minimum absolute atomic E-state index is 0.101. The molecule has 0 radical (unpaired) electrons. The van der Waals surface area contributed by atoms with Gasteiger partial charge in [-0.05, 0) is 13.8 Å². The summed E-state index contributed by atoms with van der Waals surface area (Å²) in [7, 11) is 0. The van der Waals surface area contributed by atoms with Gasteiger partial charge in [0.1, 0.15) is 5.71 Å². The van der Waals surface area contributed by atoms with Crippen molar-refractivity contribution in [1.82, 2.24) is 0 Å². The molecule has 1 aromatic carbocycles. The van der Waals surface area contributed by atoms with Gasteiger partial charge in [-0.1, -0.05) is 35.0 Å². The lowest BCUT2D eigenvalue weighted by molar-refractivity contribution is 0.106. The molecule has 3 nitrogen and oxygen atoms in total. The molecule has 0 aromatic heterocycles. The van der Waals surface area contributed by atoms with E-state index in [1.807, 2.05) is 19.1 Å². The van der Waals surface area contributed by atoms with Crippen LogP contribution in [0.1, 0.15) is 22.8 Å². The molecule has 0 fully saturated rings. The van der Waals surface area contributed by atoms with Crippen molar-refractivity contribution in [2.45, 2.75) is 13.8 Å². The summed E-state index contributed by atoms with van der Waals surface area (Å²) in [6.45, 7) is 3.42. The van der Waals surface area contributed by atoms with E-state index in [1.165, 1.54) is 6.92 Å². The predicted molar refractivity (Wildman–Crippen MR) is 50.4 cm³/mol. The van der Waals surface area contributed by atoms with Gasteiger partial charge >= 0.3 is 0 Å². The van der Waals surface area contributed by atoms with Crippen molar-refractivity contribution in [3.8, 4) is 0 Å². The fourth-order valence-corrected chi connectivity index (χ4v) is 0.959. The molecule has 68 valence electrons. The molecule has 0 spiro atoms. The molecule has 3 heteroatoms. The average molecular weight is 177 g/mol. The molecule has 0 heterocycles. The molecule has 0 saturated heterocycles. The van der Waals surface area contributed by atoms with E-state index in [0.29, 0.717) is 5.56 Å². The second-order valence-electron chi connectivity index (χ2n) is 2.88. The first kappa shape index (κ1) is 9.45. The van der Waals surface area contributed by atoms with E-state index in [4.69, 9.17) is 5.21 Å². The molecule has 0 aliphatic heterocycles.